The van der Waals surface area contributed by atoms with Crippen molar-refractivity contribution in [2.45, 2.75) is 45.7 Å². The van der Waals surface area contributed by atoms with E-state index in [4.69, 9.17) is 5.73 Å². The van der Waals surface area contributed by atoms with E-state index in [2.05, 4.69) is 29.8 Å². The van der Waals surface area contributed by atoms with Crippen LogP contribution in [0.3, 0.4) is 0 Å². The first kappa shape index (κ1) is 16.2. The molecule has 3 nitrogen and oxygen atoms in total. The predicted octanol–water partition coefficient (Wildman–Crippen LogP) is 3.49. The molecule has 0 aliphatic rings. The first-order valence-corrected chi connectivity index (χ1v) is 7.62. The fourth-order valence-electron chi connectivity index (χ4n) is 2.11. The maximum Gasteiger partial charge on any atom is 0.239 e. The van der Waals surface area contributed by atoms with E-state index >= 15 is 0 Å². The van der Waals surface area contributed by atoms with Crippen LogP contribution in [0.25, 0.3) is 0 Å². The minimum atomic E-state index is -0.406. The van der Waals surface area contributed by atoms with Gasteiger partial charge < -0.3 is 10.6 Å². The van der Waals surface area contributed by atoms with Gasteiger partial charge in [-0.25, -0.2) is 0 Å². The second kappa shape index (κ2) is 7.65. The Morgan fingerprint density at radius 3 is 2.53 bits per heavy atom. The third-order valence-corrected chi connectivity index (χ3v) is 4.05. The fraction of sp³-hybridized carbons (Fsp3) is 0.533. The first-order valence-electron chi connectivity index (χ1n) is 6.83. The smallest absolute Gasteiger partial charge is 0.239 e. The topological polar surface area (TPSA) is 46.3 Å². The molecule has 2 N–H and O–H groups in total. The summed E-state index contributed by atoms with van der Waals surface area (Å²) in [5.41, 5.74) is 7.02. The Balaban J connectivity index is 2.99. The lowest BCUT2D eigenvalue weighted by Gasteiger charge is -2.32. The van der Waals surface area contributed by atoms with Crippen LogP contribution in [0.4, 0.5) is 0 Å². The van der Waals surface area contributed by atoms with Gasteiger partial charge >= 0.3 is 0 Å². The first-order chi connectivity index (χ1) is 9.02. The van der Waals surface area contributed by atoms with Crippen molar-refractivity contribution in [3.8, 4) is 0 Å². The molecule has 2 atom stereocenters. The number of halogens is 1. The van der Waals surface area contributed by atoms with Crippen molar-refractivity contribution in [2.75, 3.05) is 6.54 Å². The summed E-state index contributed by atoms with van der Waals surface area (Å²) in [6, 6.07) is 7.63. The normalized spacial score (nSPS) is 13.9. The second-order valence-electron chi connectivity index (χ2n) is 4.74. The number of amides is 1. The average Bonchev–Trinajstić information content (AvgIpc) is 2.43. The summed E-state index contributed by atoms with van der Waals surface area (Å²) in [7, 11) is 0. The van der Waals surface area contributed by atoms with Gasteiger partial charge in [0.25, 0.3) is 0 Å². The summed E-state index contributed by atoms with van der Waals surface area (Å²) in [6.45, 7) is 6.80. The molecule has 0 heterocycles. The van der Waals surface area contributed by atoms with Crippen LogP contribution in [-0.4, -0.2) is 23.4 Å². The van der Waals surface area contributed by atoms with Crippen LogP contribution in [-0.2, 0) is 4.79 Å². The van der Waals surface area contributed by atoms with Gasteiger partial charge in [-0.2, -0.15) is 0 Å². The lowest BCUT2D eigenvalue weighted by molar-refractivity contribution is -0.134. The molecule has 0 saturated carbocycles. The van der Waals surface area contributed by atoms with Crippen LogP contribution >= 0.6 is 15.9 Å². The number of hydrogen-bond donors (Lipinski definition) is 1. The third kappa shape index (κ3) is 4.05. The summed E-state index contributed by atoms with van der Waals surface area (Å²) in [5, 5.41) is 0. The molecule has 1 rings (SSSR count). The van der Waals surface area contributed by atoms with Gasteiger partial charge in [0.05, 0.1) is 12.1 Å². The Morgan fingerprint density at radius 1 is 1.37 bits per heavy atom. The summed E-state index contributed by atoms with van der Waals surface area (Å²) in [6.07, 6.45) is 1.60. The van der Waals surface area contributed by atoms with Gasteiger partial charge in [0, 0.05) is 11.0 Å². The molecule has 1 unspecified atom stereocenters. The van der Waals surface area contributed by atoms with Crippen LogP contribution in [0, 0.1) is 0 Å². The molecule has 0 spiro atoms. The molecule has 0 saturated heterocycles. The van der Waals surface area contributed by atoms with Crippen molar-refractivity contribution in [1.82, 2.24) is 4.90 Å². The molecule has 4 heteroatoms. The number of nitrogens with zero attached hydrogens (tertiary/aromatic N) is 1. The van der Waals surface area contributed by atoms with E-state index in [-0.39, 0.29) is 11.9 Å². The predicted molar refractivity (Wildman–Crippen MR) is 82.8 cm³/mol. The SMILES string of the molecule is CCCN(C(=O)[C@@H](N)CC)C(C)c1ccccc1Br. The molecule has 0 aliphatic heterocycles. The van der Waals surface area contributed by atoms with Crippen LogP contribution in [0.15, 0.2) is 28.7 Å². The third-order valence-electron chi connectivity index (χ3n) is 3.33. The van der Waals surface area contributed by atoms with E-state index in [0.29, 0.717) is 6.42 Å². The van der Waals surface area contributed by atoms with Gasteiger partial charge in [0.1, 0.15) is 0 Å². The maximum absolute atomic E-state index is 12.4. The Kier molecular flexibility index (Phi) is 6.52. The molecular formula is C15H23BrN2O. The van der Waals surface area contributed by atoms with Crippen molar-refractivity contribution in [3.63, 3.8) is 0 Å². The van der Waals surface area contributed by atoms with Gasteiger partial charge in [-0.1, -0.05) is 48.0 Å². The number of nitrogens with two attached hydrogens (primary N) is 1. The average molecular weight is 327 g/mol. The number of carbonyl (C=O) groups is 1. The van der Waals surface area contributed by atoms with E-state index in [1.165, 1.54) is 0 Å². The fourth-order valence-corrected chi connectivity index (χ4v) is 2.72. The van der Waals surface area contributed by atoms with Crippen molar-refractivity contribution in [3.05, 3.63) is 34.3 Å². The minimum Gasteiger partial charge on any atom is -0.335 e. The van der Waals surface area contributed by atoms with E-state index < -0.39 is 6.04 Å². The summed E-state index contributed by atoms with van der Waals surface area (Å²) < 4.78 is 1.03. The number of carbonyl (C=O) groups excluding carboxylic acids is 1. The molecule has 1 aromatic rings. The standard InChI is InChI=1S/C15H23BrN2O/c1-4-10-18(15(19)14(17)5-2)11(3)12-8-6-7-9-13(12)16/h6-9,11,14H,4-5,10,17H2,1-3H3/t11?,14-/m0/s1. The highest BCUT2D eigenvalue weighted by atomic mass is 79.9. The lowest BCUT2D eigenvalue weighted by atomic mass is 10.0. The molecule has 1 amide bonds. The molecule has 19 heavy (non-hydrogen) atoms. The quantitative estimate of drug-likeness (QED) is 0.869. The van der Waals surface area contributed by atoms with Crippen molar-refractivity contribution >= 4 is 21.8 Å². The summed E-state index contributed by atoms with van der Waals surface area (Å²) in [4.78, 5) is 14.3. The lowest BCUT2D eigenvalue weighted by Crippen LogP contribution is -2.45. The molecule has 0 radical (unpaired) electrons. The van der Waals surface area contributed by atoms with Gasteiger partial charge in [0.2, 0.25) is 5.91 Å². The Labute approximate surface area is 124 Å². The van der Waals surface area contributed by atoms with Crippen molar-refractivity contribution in [1.29, 1.82) is 0 Å². The number of rotatable bonds is 6. The van der Waals surface area contributed by atoms with Crippen molar-refractivity contribution < 1.29 is 4.79 Å². The highest BCUT2D eigenvalue weighted by Crippen LogP contribution is 2.28. The molecule has 0 fully saturated rings. The van der Waals surface area contributed by atoms with E-state index in [1.54, 1.807) is 0 Å². The van der Waals surface area contributed by atoms with Gasteiger partial charge in [-0.15, -0.1) is 0 Å². The van der Waals surface area contributed by atoms with Crippen LogP contribution < -0.4 is 5.73 Å². The van der Waals surface area contributed by atoms with Crippen LogP contribution in [0.1, 0.15) is 45.2 Å². The number of hydrogen-bond acceptors (Lipinski definition) is 2. The highest BCUT2D eigenvalue weighted by Gasteiger charge is 2.25. The monoisotopic (exact) mass is 326 g/mol. The minimum absolute atomic E-state index is 0.0284. The zero-order chi connectivity index (χ0) is 14.4. The molecule has 0 aromatic heterocycles. The molecule has 106 valence electrons. The van der Waals surface area contributed by atoms with Gasteiger partial charge in [0.15, 0.2) is 0 Å². The molecular weight excluding hydrogens is 304 g/mol. The van der Waals surface area contributed by atoms with Gasteiger partial charge in [-0.3, -0.25) is 4.79 Å². The molecule has 0 bridgehead atoms. The Hall–Kier alpha value is -0.870. The highest BCUT2D eigenvalue weighted by molar-refractivity contribution is 9.10. The molecule has 1 aromatic carbocycles. The largest absolute Gasteiger partial charge is 0.335 e. The van der Waals surface area contributed by atoms with Crippen LogP contribution in [0.5, 0.6) is 0 Å². The number of benzene rings is 1. The Bertz CT molecular complexity index is 422. The van der Waals surface area contributed by atoms with Gasteiger partial charge in [-0.05, 0) is 31.4 Å². The second-order valence-corrected chi connectivity index (χ2v) is 5.60. The van der Waals surface area contributed by atoms with E-state index in [1.807, 2.05) is 36.1 Å². The van der Waals surface area contributed by atoms with E-state index in [0.717, 1.165) is 23.0 Å². The van der Waals surface area contributed by atoms with E-state index in [9.17, 15) is 4.79 Å². The molecule has 0 aliphatic carbocycles. The zero-order valence-electron chi connectivity index (χ0n) is 11.9. The van der Waals surface area contributed by atoms with Crippen LogP contribution in [0.2, 0.25) is 0 Å². The summed E-state index contributed by atoms with van der Waals surface area (Å²) >= 11 is 3.55. The summed E-state index contributed by atoms with van der Waals surface area (Å²) in [5.74, 6) is 0.0348. The zero-order valence-corrected chi connectivity index (χ0v) is 13.5. The Morgan fingerprint density at radius 2 is 2.00 bits per heavy atom. The maximum atomic E-state index is 12.4. The van der Waals surface area contributed by atoms with Crippen molar-refractivity contribution in [2.24, 2.45) is 5.73 Å².